The van der Waals surface area contributed by atoms with Crippen molar-refractivity contribution < 1.29 is 28.7 Å². The molecule has 15 nitrogen and oxygen atoms in total. The molecule has 6 aliphatic rings. The highest BCUT2D eigenvalue weighted by Gasteiger charge is 2.45. The maximum Gasteiger partial charge on any atom is 0.272 e. The molecule has 5 fully saturated rings. The summed E-state index contributed by atoms with van der Waals surface area (Å²) in [4.78, 5) is 71.8. The summed E-state index contributed by atoms with van der Waals surface area (Å²) in [5.41, 5.74) is 2.25. The lowest BCUT2D eigenvalue weighted by Gasteiger charge is -2.35. The highest BCUT2D eigenvalue weighted by molar-refractivity contribution is 6.31. The van der Waals surface area contributed by atoms with Gasteiger partial charge in [0.1, 0.15) is 17.9 Å². The van der Waals surface area contributed by atoms with Crippen LogP contribution in [0.25, 0.3) is 0 Å². The number of amides is 5. The predicted molar refractivity (Wildman–Crippen MR) is 216 cm³/mol. The average molecular weight is 820 g/mol. The van der Waals surface area contributed by atoms with Crippen LogP contribution < -0.4 is 25.2 Å². The van der Waals surface area contributed by atoms with Gasteiger partial charge < -0.3 is 24.8 Å². The van der Waals surface area contributed by atoms with Crippen LogP contribution in [0.1, 0.15) is 88.1 Å². The highest BCUT2D eigenvalue weighted by atomic mass is 35.5. The topological polar surface area (TPSA) is 181 Å². The Bertz CT molecular complexity index is 2200. The molecule has 6 heterocycles. The first kappa shape index (κ1) is 38.9. The molecule has 2 aromatic carbocycles. The first-order valence-electron chi connectivity index (χ1n) is 20.7. The summed E-state index contributed by atoms with van der Waals surface area (Å²) < 4.78 is 6.09. The van der Waals surface area contributed by atoms with Crippen molar-refractivity contribution in [3.63, 3.8) is 0 Å². The van der Waals surface area contributed by atoms with Crippen LogP contribution >= 0.6 is 11.6 Å². The largest absolute Gasteiger partial charge is 0.490 e. The molecule has 16 heteroatoms. The second-order valence-corrected chi connectivity index (χ2v) is 17.3. The van der Waals surface area contributed by atoms with Crippen LogP contribution in [-0.4, -0.2) is 114 Å². The fourth-order valence-corrected chi connectivity index (χ4v) is 10.1. The number of carbonyl (C=O) groups excluding carboxylic acids is 5. The summed E-state index contributed by atoms with van der Waals surface area (Å²) in [6, 6.07) is 15.3. The van der Waals surface area contributed by atoms with Gasteiger partial charge in [0.2, 0.25) is 11.8 Å². The van der Waals surface area contributed by atoms with Gasteiger partial charge in [0, 0.05) is 70.0 Å². The molecule has 4 saturated heterocycles. The van der Waals surface area contributed by atoms with Crippen LogP contribution in [-0.2, 0) is 9.59 Å². The van der Waals surface area contributed by atoms with Crippen LogP contribution in [0.3, 0.4) is 0 Å². The number of hydrogen-bond acceptors (Lipinski definition) is 12. The molecule has 0 spiro atoms. The maximum atomic E-state index is 13.3. The summed E-state index contributed by atoms with van der Waals surface area (Å²) in [5.74, 6) is 0.950. The number of carbonyl (C=O) groups is 5. The molecule has 0 bridgehead atoms. The lowest BCUT2D eigenvalue weighted by Crippen LogP contribution is -2.54. The summed E-state index contributed by atoms with van der Waals surface area (Å²) >= 11 is 6.15. The van der Waals surface area contributed by atoms with E-state index in [9.17, 15) is 24.0 Å². The van der Waals surface area contributed by atoms with Crippen molar-refractivity contribution in [2.24, 2.45) is 17.8 Å². The van der Waals surface area contributed by atoms with E-state index in [0.717, 1.165) is 101 Å². The highest BCUT2D eigenvalue weighted by Crippen LogP contribution is 2.36. The molecule has 1 aromatic heterocycles. The number of nitrogens with zero attached hydrogens (tertiary/aromatic N) is 7. The SMILES string of the molecule is N#Cc1ccc(O[C@H]2CC[C@H](NC(=O)c3ccc(N4CC5CN(CC6CCN(c7ccc8c(c7)C(=O)N(C7CCC(=O)NC7=O)C8=O)CC6)CC5C4)nn3)CC2)cc1Cl. The van der Waals surface area contributed by atoms with Crippen LogP contribution in [0.15, 0.2) is 48.5 Å². The van der Waals surface area contributed by atoms with Crippen LogP contribution in [0.4, 0.5) is 11.5 Å². The van der Waals surface area contributed by atoms with Crippen molar-refractivity contribution in [3.05, 3.63) is 75.9 Å². The molecular weight excluding hydrogens is 774 g/mol. The van der Waals surface area contributed by atoms with Crippen LogP contribution in [0.5, 0.6) is 5.75 Å². The first-order chi connectivity index (χ1) is 28.6. The van der Waals surface area contributed by atoms with Gasteiger partial charge >= 0.3 is 0 Å². The van der Waals surface area contributed by atoms with E-state index in [1.54, 1.807) is 36.4 Å². The summed E-state index contributed by atoms with van der Waals surface area (Å²) in [5, 5.41) is 23.6. The van der Waals surface area contributed by atoms with Gasteiger partial charge in [0.25, 0.3) is 17.7 Å². The number of anilines is 2. The Balaban J connectivity index is 0.700. The second-order valence-electron chi connectivity index (χ2n) is 16.8. The summed E-state index contributed by atoms with van der Waals surface area (Å²) in [6.45, 7) is 6.71. The number of piperidine rings is 2. The molecule has 9 rings (SSSR count). The molecule has 59 heavy (non-hydrogen) atoms. The molecule has 3 unspecified atom stereocenters. The fourth-order valence-electron chi connectivity index (χ4n) is 9.87. The molecule has 2 N–H and O–H groups in total. The minimum absolute atomic E-state index is 0.0221. The van der Waals surface area contributed by atoms with Gasteiger partial charge in [0.15, 0.2) is 11.5 Å². The number of benzene rings is 2. The third kappa shape index (κ3) is 7.95. The van der Waals surface area contributed by atoms with Crippen molar-refractivity contribution in [2.45, 2.75) is 69.6 Å². The molecule has 3 aromatic rings. The van der Waals surface area contributed by atoms with Gasteiger partial charge in [-0.15, -0.1) is 10.2 Å². The molecule has 0 radical (unpaired) electrons. The van der Waals surface area contributed by atoms with Crippen molar-refractivity contribution >= 4 is 52.6 Å². The molecule has 5 amide bonds. The zero-order valence-corrected chi connectivity index (χ0v) is 33.4. The van der Waals surface area contributed by atoms with E-state index in [1.807, 2.05) is 12.1 Å². The van der Waals surface area contributed by atoms with Gasteiger partial charge in [-0.05, 0) is 105 Å². The number of nitriles is 1. The van der Waals surface area contributed by atoms with E-state index in [4.69, 9.17) is 21.6 Å². The number of imide groups is 2. The van der Waals surface area contributed by atoms with Gasteiger partial charge in [-0.25, -0.2) is 0 Å². The Labute approximate surface area is 347 Å². The average Bonchev–Trinajstić information content (AvgIpc) is 3.88. The lowest BCUT2D eigenvalue weighted by atomic mass is 9.93. The number of likely N-dealkylation sites (tertiary alicyclic amines) is 1. The minimum Gasteiger partial charge on any atom is -0.490 e. The zero-order valence-electron chi connectivity index (χ0n) is 32.6. The van der Waals surface area contributed by atoms with Gasteiger partial charge in [-0.3, -0.25) is 34.2 Å². The van der Waals surface area contributed by atoms with Crippen molar-refractivity contribution in [1.29, 1.82) is 5.26 Å². The van der Waals surface area contributed by atoms with Crippen molar-refractivity contribution in [1.82, 2.24) is 30.6 Å². The van der Waals surface area contributed by atoms with Crippen molar-refractivity contribution in [2.75, 3.05) is 55.6 Å². The number of aromatic nitrogens is 2. The fraction of sp³-hybridized carbons (Fsp3) is 0.488. The van der Waals surface area contributed by atoms with Crippen molar-refractivity contribution in [3.8, 4) is 11.8 Å². The van der Waals surface area contributed by atoms with E-state index in [-0.39, 0.29) is 30.9 Å². The van der Waals surface area contributed by atoms with Crippen LogP contribution in [0.2, 0.25) is 5.02 Å². The van der Waals surface area contributed by atoms with E-state index in [2.05, 4.69) is 41.6 Å². The zero-order chi connectivity index (χ0) is 40.8. The Morgan fingerprint density at radius 3 is 2.27 bits per heavy atom. The minimum atomic E-state index is -0.970. The monoisotopic (exact) mass is 819 g/mol. The van der Waals surface area contributed by atoms with Gasteiger partial charge in [0.05, 0.1) is 27.8 Å². The number of rotatable bonds is 9. The van der Waals surface area contributed by atoms with Gasteiger partial charge in [-0.1, -0.05) is 11.6 Å². The Morgan fingerprint density at radius 1 is 0.847 bits per heavy atom. The number of fused-ring (bicyclic) bond motifs is 2. The number of halogens is 1. The summed E-state index contributed by atoms with van der Waals surface area (Å²) in [7, 11) is 0. The first-order valence-corrected chi connectivity index (χ1v) is 21.1. The Morgan fingerprint density at radius 2 is 1.59 bits per heavy atom. The predicted octanol–water partition coefficient (Wildman–Crippen LogP) is 3.81. The second kappa shape index (κ2) is 16.2. The van der Waals surface area contributed by atoms with E-state index >= 15 is 0 Å². The molecule has 3 atom stereocenters. The number of hydrogen-bond donors (Lipinski definition) is 2. The third-order valence-corrected chi connectivity index (χ3v) is 13.4. The summed E-state index contributed by atoms with van der Waals surface area (Å²) in [6.07, 6.45) is 5.49. The van der Waals surface area contributed by atoms with Gasteiger partial charge in [-0.2, -0.15) is 5.26 Å². The van der Waals surface area contributed by atoms with Crippen LogP contribution in [0, 0.1) is 29.1 Å². The smallest absolute Gasteiger partial charge is 0.272 e. The molecule has 5 aliphatic heterocycles. The molecular formula is C43H46ClN9O6. The standard InChI is InChI=1S/C43H46ClN9O6/c44-35-18-32(5-1-26(35)19-45)59-31-6-2-29(3-7-31)46-40(55)36-9-11-38(49-48-36)52-23-27-21-50(22-28(27)24-52)20-25-13-15-51(16-14-25)30-4-8-33-34(17-30)43(58)53(42(33)57)37-10-12-39(54)47-41(37)56/h1,4-5,8-9,11,17-18,25,27-29,31,37H,2-3,6-7,10,12-16,20-24H2,(H,46,55)(H,47,54,56)/t27?,28?,29-,31-,37?. The van der Waals surface area contributed by atoms with E-state index in [0.29, 0.717) is 50.9 Å². The molecule has 1 aliphatic carbocycles. The number of nitrogens with one attached hydrogen (secondary N) is 2. The van der Waals surface area contributed by atoms with E-state index < -0.39 is 29.7 Å². The normalized spacial score (nSPS) is 26.1. The molecule has 306 valence electrons. The molecule has 1 saturated carbocycles. The Hall–Kier alpha value is -5.59. The number of ether oxygens (including phenoxy) is 1. The van der Waals surface area contributed by atoms with E-state index in [1.165, 1.54) is 0 Å². The quantitative estimate of drug-likeness (QED) is 0.299. The third-order valence-electron chi connectivity index (χ3n) is 13.1. The maximum absolute atomic E-state index is 13.3. The Kier molecular flexibility index (Phi) is 10.7. The lowest BCUT2D eigenvalue weighted by molar-refractivity contribution is -0.136.